The van der Waals surface area contributed by atoms with E-state index in [-0.39, 0.29) is 0 Å². The maximum atomic E-state index is 8.32. The van der Waals surface area contributed by atoms with E-state index in [4.69, 9.17) is 5.26 Å². The third-order valence-corrected chi connectivity index (χ3v) is 2.29. The fourth-order valence-electron chi connectivity index (χ4n) is 1.24. The normalized spacial score (nSPS) is 15.8. The van der Waals surface area contributed by atoms with Gasteiger partial charge >= 0.3 is 0 Å². The summed E-state index contributed by atoms with van der Waals surface area (Å²) >= 11 is 0. The van der Waals surface area contributed by atoms with Crippen LogP contribution in [-0.2, 0) is 0 Å². The van der Waals surface area contributed by atoms with Crippen molar-refractivity contribution in [1.82, 2.24) is 0 Å². The Hall–Kier alpha value is -0.770. The molecule has 68 valence electrons. The molecular formula is C11H19N. The van der Waals surface area contributed by atoms with Crippen LogP contribution in [-0.4, -0.2) is 0 Å². The van der Waals surface area contributed by atoms with Crippen LogP contribution in [0.15, 0.2) is 12.2 Å². The van der Waals surface area contributed by atoms with Gasteiger partial charge in [0.2, 0.25) is 0 Å². The largest absolute Gasteiger partial charge is 0.198 e. The average molecular weight is 165 g/mol. The van der Waals surface area contributed by atoms with E-state index in [1.807, 2.05) is 6.08 Å². The van der Waals surface area contributed by atoms with Crippen molar-refractivity contribution in [3.63, 3.8) is 0 Å². The molecule has 0 radical (unpaired) electrons. The van der Waals surface area contributed by atoms with Gasteiger partial charge in [-0.2, -0.15) is 5.26 Å². The van der Waals surface area contributed by atoms with E-state index >= 15 is 0 Å². The van der Waals surface area contributed by atoms with Crippen LogP contribution < -0.4 is 0 Å². The monoisotopic (exact) mass is 165 g/mol. The molecule has 0 aromatic carbocycles. The van der Waals surface area contributed by atoms with Crippen LogP contribution >= 0.6 is 0 Å². The molecule has 12 heavy (non-hydrogen) atoms. The van der Waals surface area contributed by atoms with Gasteiger partial charge < -0.3 is 0 Å². The molecule has 0 saturated carbocycles. The molecule has 0 saturated heterocycles. The Bertz CT molecular complexity index is 164. The Morgan fingerprint density at radius 3 is 2.58 bits per heavy atom. The van der Waals surface area contributed by atoms with Gasteiger partial charge in [0.05, 0.1) is 12.5 Å². The van der Waals surface area contributed by atoms with Crippen LogP contribution in [0.25, 0.3) is 0 Å². The van der Waals surface area contributed by atoms with Crippen molar-refractivity contribution in [2.75, 3.05) is 0 Å². The number of nitriles is 1. The fraction of sp³-hybridized carbons (Fsp3) is 0.727. The molecule has 0 bridgehead atoms. The molecule has 1 nitrogen and oxygen atoms in total. The second-order valence-electron chi connectivity index (χ2n) is 3.42. The zero-order chi connectivity index (χ0) is 9.40. The number of hydrogen-bond donors (Lipinski definition) is 0. The summed E-state index contributed by atoms with van der Waals surface area (Å²) in [7, 11) is 0. The van der Waals surface area contributed by atoms with Gasteiger partial charge in [0.25, 0.3) is 0 Å². The van der Waals surface area contributed by atoms with Gasteiger partial charge in [-0.3, -0.25) is 0 Å². The first kappa shape index (κ1) is 11.2. The van der Waals surface area contributed by atoms with Crippen molar-refractivity contribution in [3.05, 3.63) is 12.2 Å². The summed E-state index contributed by atoms with van der Waals surface area (Å²) in [5, 5.41) is 8.32. The average Bonchev–Trinajstić information content (AvgIpc) is 2.05. The van der Waals surface area contributed by atoms with Gasteiger partial charge in [0.1, 0.15) is 0 Å². The Morgan fingerprint density at radius 2 is 2.08 bits per heavy atom. The van der Waals surface area contributed by atoms with E-state index in [1.54, 1.807) is 0 Å². The highest BCUT2D eigenvalue weighted by atomic mass is 14.2. The molecule has 0 aromatic rings. The SMILES string of the molecule is CCC[C@@H](C)C(C)/C=C\CC#N. The highest BCUT2D eigenvalue weighted by Gasteiger charge is 2.06. The van der Waals surface area contributed by atoms with Gasteiger partial charge in [-0.05, 0) is 11.8 Å². The molecular weight excluding hydrogens is 146 g/mol. The maximum absolute atomic E-state index is 8.32. The number of hydrogen-bond acceptors (Lipinski definition) is 1. The van der Waals surface area contributed by atoms with Crippen LogP contribution in [0.5, 0.6) is 0 Å². The predicted octanol–water partition coefficient (Wildman–Crippen LogP) is 3.53. The molecule has 1 heteroatoms. The van der Waals surface area contributed by atoms with Crippen molar-refractivity contribution < 1.29 is 0 Å². The topological polar surface area (TPSA) is 23.8 Å². The first-order valence-corrected chi connectivity index (χ1v) is 4.76. The molecule has 0 aliphatic carbocycles. The molecule has 0 aliphatic rings. The lowest BCUT2D eigenvalue weighted by atomic mass is 9.91. The third kappa shape index (κ3) is 4.96. The predicted molar refractivity (Wildman–Crippen MR) is 52.6 cm³/mol. The van der Waals surface area contributed by atoms with Gasteiger partial charge in [-0.25, -0.2) is 0 Å². The van der Waals surface area contributed by atoms with Crippen LogP contribution in [0.1, 0.15) is 40.0 Å². The molecule has 0 rings (SSSR count). The lowest BCUT2D eigenvalue weighted by molar-refractivity contribution is 0.423. The van der Waals surface area contributed by atoms with E-state index in [0.717, 1.165) is 5.92 Å². The summed E-state index contributed by atoms with van der Waals surface area (Å²) in [6.45, 7) is 6.70. The lowest BCUT2D eigenvalue weighted by Gasteiger charge is -2.14. The summed E-state index contributed by atoms with van der Waals surface area (Å²) in [6, 6.07) is 2.11. The highest BCUT2D eigenvalue weighted by Crippen LogP contribution is 2.17. The van der Waals surface area contributed by atoms with Crippen LogP contribution in [0, 0.1) is 23.2 Å². The second kappa shape index (κ2) is 6.91. The number of rotatable bonds is 5. The van der Waals surface area contributed by atoms with Crippen molar-refractivity contribution in [2.24, 2.45) is 11.8 Å². The minimum absolute atomic E-state index is 0.545. The Labute approximate surface area is 76.1 Å². The molecule has 0 aromatic heterocycles. The van der Waals surface area contributed by atoms with E-state index in [1.165, 1.54) is 12.8 Å². The molecule has 0 N–H and O–H groups in total. The molecule has 0 fully saturated rings. The van der Waals surface area contributed by atoms with Crippen LogP contribution in [0.4, 0.5) is 0 Å². The van der Waals surface area contributed by atoms with E-state index in [2.05, 4.69) is 32.9 Å². The molecule has 0 spiro atoms. The smallest absolute Gasteiger partial charge is 0.0663 e. The van der Waals surface area contributed by atoms with Crippen LogP contribution in [0.3, 0.4) is 0 Å². The van der Waals surface area contributed by atoms with E-state index < -0.39 is 0 Å². The quantitative estimate of drug-likeness (QED) is 0.572. The summed E-state index contributed by atoms with van der Waals surface area (Å²) in [5.41, 5.74) is 0. The third-order valence-electron chi connectivity index (χ3n) is 2.29. The molecule has 0 aliphatic heterocycles. The zero-order valence-electron chi connectivity index (χ0n) is 8.38. The van der Waals surface area contributed by atoms with Crippen molar-refractivity contribution in [2.45, 2.75) is 40.0 Å². The maximum Gasteiger partial charge on any atom is 0.0663 e. The molecule has 2 atom stereocenters. The minimum Gasteiger partial charge on any atom is -0.198 e. The van der Waals surface area contributed by atoms with Gasteiger partial charge in [-0.1, -0.05) is 45.8 Å². The minimum atomic E-state index is 0.545. The Morgan fingerprint density at radius 1 is 1.42 bits per heavy atom. The summed E-state index contributed by atoms with van der Waals surface area (Å²) in [5.74, 6) is 1.35. The summed E-state index contributed by atoms with van der Waals surface area (Å²) in [4.78, 5) is 0. The molecule has 0 amide bonds. The second-order valence-corrected chi connectivity index (χ2v) is 3.42. The van der Waals surface area contributed by atoms with Crippen LogP contribution in [0.2, 0.25) is 0 Å². The zero-order valence-corrected chi connectivity index (χ0v) is 8.38. The van der Waals surface area contributed by atoms with E-state index in [9.17, 15) is 0 Å². The number of nitrogens with zero attached hydrogens (tertiary/aromatic N) is 1. The summed E-state index contributed by atoms with van der Waals surface area (Å²) < 4.78 is 0. The first-order valence-electron chi connectivity index (χ1n) is 4.76. The first-order chi connectivity index (χ1) is 5.72. The number of allylic oxidation sites excluding steroid dienone is 2. The fourth-order valence-corrected chi connectivity index (χ4v) is 1.24. The lowest BCUT2D eigenvalue weighted by Crippen LogP contribution is -2.04. The molecule has 0 heterocycles. The Kier molecular flexibility index (Phi) is 6.47. The van der Waals surface area contributed by atoms with Gasteiger partial charge in [0, 0.05) is 0 Å². The van der Waals surface area contributed by atoms with Gasteiger partial charge in [0.15, 0.2) is 0 Å². The highest BCUT2D eigenvalue weighted by molar-refractivity contribution is 4.94. The van der Waals surface area contributed by atoms with Crippen molar-refractivity contribution >= 4 is 0 Å². The van der Waals surface area contributed by atoms with Crippen molar-refractivity contribution in [1.29, 1.82) is 5.26 Å². The van der Waals surface area contributed by atoms with E-state index in [0.29, 0.717) is 12.3 Å². The molecule has 1 unspecified atom stereocenters. The van der Waals surface area contributed by atoms with Gasteiger partial charge in [-0.15, -0.1) is 0 Å². The Balaban J connectivity index is 3.70. The standard InChI is InChI=1S/C11H19N/c1-4-7-10(2)11(3)8-5-6-9-12/h5,8,10-11H,4,6-7H2,1-3H3/b8-5-/t10-,11?/m1/s1. The summed E-state index contributed by atoms with van der Waals surface area (Å²) in [6.07, 6.45) is 7.19. The van der Waals surface area contributed by atoms with Crippen molar-refractivity contribution in [3.8, 4) is 6.07 Å².